The van der Waals surface area contributed by atoms with E-state index in [9.17, 15) is 0 Å². The summed E-state index contributed by atoms with van der Waals surface area (Å²) in [6, 6.07) is 67.7. The summed E-state index contributed by atoms with van der Waals surface area (Å²) in [5.41, 5.74) is 16.2. The minimum absolute atomic E-state index is 0.391. The molecule has 0 amide bonds. The number of hydrogen-bond acceptors (Lipinski definition) is 3. The SMILES string of the molecule is CC/C1=C\C2(/C=C/C(C)CC1)c1ccc(-c3ccccc3)cc1-c1ccc(-c3cc(-c4ccc5ccccc5c4)cc(-c4nc(-c5ccccc5)nc(-c5ccccc5)n4)c3)cc12. The molecule has 0 aliphatic heterocycles. The fourth-order valence-electron chi connectivity index (χ4n) is 9.66. The number of nitrogens with zero attached hydrogens (tertiary/aromatic N) is 3. The lowest BCUT2D eigenvalue weighted by molar-refractivity contribution is 0.614. The Kier molecular flexibility index (Phi) is 9.81. The van der Waals surface area contributed by atoms with Crippen LogP contribution in [0.2, 0.25) is 0 Å². The average molecular weight is 810 g/mol. The molecule has 302 valence electrons. The van der Waals surface area contributed by atoms with E-state index in [1.807, 2.05) is 36.4 Å². The molecule has 2 atom stereocenters. The Labute approximate surface area is 370 Å². The van der Waals surface area contributed by atoms with E-state index in [2.05, 4.69) is 184 Å². The van der Waals surface area contributed by atoms with Crippen molar-refractivity contribution in [2.75, 3.05) is 0 Å². The predicted molar refractivity (Wildman–Crippen MR) is 262 cm³/mol. The maximum atomic E-state index is 5.21. The maximum absolute atomic E-state index is 5.21. The minimum atomic E-state index is -0.391. The van der Waals surface area contributed by atoms with Crippen molar-refractivity contribution in [3.8, 4) is 78.7 Å². The Morgan fingerprint density at radius 1 is 0.444 bits per heavy atom. The zero-order chi connectivity index (χ0) is 42.3. The lowest BCUT2D eigenvalue weighted by Gasteiger charge is -2.30. The van der Waals surface area contributed by atoms with Crippen LogP contribution in [-0.4, -0.2) is 15.0 Å². The molecule has 0 saturated carbocycles. The number of benzene rings is 8. The summed E-state index contributed by atoms with van der Waals surface area (Å²) in [7, 11) is 0. The topological polar surface area (TPSA) is 38.7 Å². The molecule has 1 aromatic heterocycles. The van der Waals surface area contributed by atoms with Crippen LogP contribution >= 0.6 is 0 Å². The third-order valence-corrected chi connectivity index (χ3v) is 13.1. The summed E-state index contributed by atoms with van der Waals surface area (Å²) in [5.74, 6) is 2.41. The van der Waals surface area contributed by atoms with E-state index in [1.54, 1.807) is 0 Å². The van der Waals surface area contributed by atoms with E-state index in [-0.39, 0.29) is 0 Å². The van der Waals surface area contributed by atoms with Crippen LogP contribution < -0.4 is 0 Å². The quantitative estimate of drug-likeness (QED) is 0.151. The van der Waals surface area contributed by atoms with E-state index in [0.717, 1.165) is 51.8 Å². The Bertz CT molecular complexity index is 3160. The third kappa shape index (κ3) is 7.20. The van der Waals surface area contributed by atoms with Gasteiger partial charge < -0.3 is 0 Å². The molecule has 0 bridgehead atoms. The molecule has 3 nitrogen and oxygen atoms in total. The van der Waals surface area contributed by atoms with Crippen LogP contribution in [0.3, 0.4) is 0 Å². The molecule has 2 aliphatic rings. The number of rotatable bonds is 7. The average Bonchev–Trinajstić information content (AvgIpc) is 3.62. The summed E-state index contributed by atoms with van der Waals surface area (Å²) in [6.07, 6.45) is 10.9. The fraction of sp³-hybridized carbons (Fsp3) is 0.117. The van der Waals surface area contributed by atoms with Gasteiger partial charge in [-0.05, 0) is 128 Å². The summed E-state index contributed by atoms with van der Waals surface area (Å²) < 4.78 is 0. The molecule has 11 rings (SSSR count). The molecule has 8 aromatic carbocycles. The molecule has 2 unspecified atom stereocenters. The van der Waals surface area contributed by atoms with Crippen LogP contribution in [0.5, 0.6) is 0 Å². The fourth-order valence-corrected chi connectivity index (χ4v) is 9.66. The summed E-state index contributed by atoms with van der Waals surface area (Å²) >= 11 is 0. The van der Waals surface area contributed by atoms with Crippen LogP contribution in [0.1, 0.15) is 44.2 Å². The molecular weight excluding hydrogens is 763 g/mol. The first-order valence-corrected chi connectivity index (χ1v) is 22.3. The van der Waals surface area contributed by atoms with Crippen molar-refractivity contribution in [3.63, 3.8) is 0 Å². The molecular formula is C60H47N3. The number of allylic oxidation sites excluding steroid dienone is 4. The first-order chi connectivity index (χ1) is 31.0. The molecule has 0 N–H and O–H groups in total. The zero-order valence-corrected chi connectivity index (χ0v) is 35.7. The lowest BCUT2D eigenvalue weighted by Crippen LogP contribution is -2.22. The normalized spacial score (nSPS) is 17.9. The van der Waals surface area contributed by atoms with Crippen molar-refractivity contribution < 1.29 is 0 Å². The lowest BCUT2D eigenvalue weighted by atomic mass is 9.73. The van der Waals surface area contributed by atoms with E-state index < -0.39 is 5.41 Å². The first-order valence-electron chi connectivity index (χ1n) is 22.3. The van der Waals surface area contributed by atoms with Crippen LogP contribution in [0, 0.1) is 5.92 Å². The Morgan fingerprint density at radius 3 is 1.65 bits per heavy atom. The monoisotopic (exact) mass is 809 g/mol. The summed E-state index contributed by atoms with van der Waals surface area (Å²) in [4.78, 5) is 15.4. The molecule has 1 heterocycles. The van der Waals surface area contributed by atoms with Crippen molar-refractivity contribution >= 4 is 10.8 Å². The highest BCUT2D eigenvalue weighted by molar-refractivity contribution is 5.92. The van der Waals surface area contributed by atoms with Gasteiger partial charge in [0.15, 0.2) is 17.5 Å². The van der Waals surface area contributed by atoms with Gasteiger partial charge in [0, 0.05) is 16.7 Å². The molecule has 1 spiro atoms. The van der Waals surface area contributed by atoms with Gasteiger partial charge in [-0.1, -0.05) is 189 Å². The van der Waals surface area contributed by atoms with E-state index in [4.69, 9.17) is 15.0 Å². The van der Waals surface area contributed by atoms with Crippen LogP contribution in [0.25, 0.3) is 89.4 Å². The molecule has 3 heteroatoms. The van der Waals surface area contributed by atoms with Gasteiger partial charge in [0.1, 0.15) is 0 Å². The smallest absolute Gasteiger partial charge is 0.164 e. The van der Waals surface area contributed by atoms with Crippen molar-refractivity contribution in [3.05, 3.63) is 223 Å². The van der Waals surface area contributed by atoms with Crippen molar-refractivity contribution in [2.24, 2.45) is 5.92 Å². The van der Waals surface area contributed by atoms with Gasteiger partial charge in [-0.2, -0.15) is 0 Å². The predicted octanol–water partition coefficient (Wildman–Crippen LogP) is 15.6. The molecule has 63 heavy (non-hydrogen) atoms. The van der Waals surface area contributed by atoms with Crippen molar-refractivity contribution in [1.82, 2.24) is 15.0 Å². The molecule has 0 radical (unpaired) electrons. The number of aromatic nitrogens is 3. The second-order valence-corrected chi connectivity index (χ2v) is 17.2. The van der Waals surface area contributed by atoms with Gasteiger partial charge in [0.05, 0.1) is 5.41 Å². The van der Waals surface area contributed by atoms with Gasteiger partial charge in [0.2, 0.25) is 0 Å². The highest BCUT2D eigenvalue weighted by Crippen LogP contribution is 2.54. The minimum Gasteiger partial charge on any atom is -0.208 e. The summed E-state index contributed by atoms with van der Waals surface area (Å²) in [5, 5.41) is 2.42. The van der Waals surface area contributed by atoms with Gasteiger partial charge in [0.25, 0.3) is 0 Å². The standard InChI is InChI=1S/C60H47N3/c1-3-41-24-23-40(2)31-32-60(39-41)55-30-28-48(42-15-7-4-8-16-42)37-54(55)53-29-27-49(38-56(53)60)51-34-50(47-26-25-43-17-13-14-22-46(43)33-47)35-52(36-51)59-62-57(44-18-9-5-10-19-44)61-58(63-59)45-20-11-6-12-21-45/h4-22,25-40H,3,23-24H2,1-2H3/b32-31+,41-39+. The second kappa shape index (κ2) is 16.1. The second-order valence-electron chi connectivity index (χ2n) is 17.2. The van der Waals surface area contributed by atoms with Gasteiger partial charge in [-0.25, -0.2) is 15.0 Å². The van der Waals surface area contributed by atoms with Crippen LogP contribution in [0.4, 0.5) is 0 Å². The summed E-state index contributed by atoms with van der Waals surface area (Å²) in [6.45, 7) is 4.68. The zero-order valence-electron chi connectivity index (χ0n) is 35.7. The van der Waals surface area contributed by atoms with Gasteiger partial charge in [-0.3, -0.25) is 0 Å². The highest BCUT2D eigenvalue weighted by atomic mass is 15.0. The van der Waals surface area contributed by atoms with E-state index in [1.165, 1.54) is 56.1 Å². The third-order valence-electron chi connectivity index (χ3n) is 13.1. The Hall–Kier alpha value is -7.49. The molecule has 9 aromatic rings. The molecule has 2 aliphatic carbocycles. The number of fused-ring (bicyclic) bond motifs is 6. The maximum Gasteiger partial charge on any atom is 0.164 e. The Morgan fingerprint density at radius 2 is 0.984 bits per heavy atom. The first kappa shape index (κ1) is 38.4. The van der Waals surface area contributed by atoms with E-state index in [0.29, 0.717) is 23.4 Å². The van der Waals surface area contributed by atoms with E-state index >= 15 is 0 Å². The highest BCUT2D eigenvalue weighted by Gasteiger charge is 2.41. The largest absolute Gasteiger partial charge is 0.208 e. The Balaban J connectivity index is 1.14. The van der Waals surface area contributed by atoms with Gasteiger partial charge >= 0.3 is 0 Å². The van der Waals surface area contributed by atoms with Gasteiger partial charge in [-0.15, -0.1) is 0 Å². The van der Waals surface area contributed by atoms with Crippen LogP contribution in [0.15, 0.2) is 212 Å². The van der Waals surface area contributed by atoms with Crippen LogP contribution in [-0.2, 0) is 5.41 Å². The van der Waals surface area contributed by atoms with Crippen molar-refractivity contribution in [1.29, 1.82) is 0 Å². The molecule has 0 fully saturated rings. The van der Waals surface area contributed by atoms with Crippen molar-refractivity contribution in [2.45, 2.75) is 38.5 Å². The number of hydrogen-bond donors (Lipinski definition) is 0. The molecule has 0 saturated heterocycles.